The van der Waals surface area contributed by atoms with Crippen LogP contribution in [0.15, 0.2) is 54.6 Å². The van der Waals surface area contributed by atoms with Crippen molar-refractivity contribution in [1.82, 2.24) is 4.90 Å². The van der Waals surface area contributed by atoms with Crippen LogP contribution in [0.2, 0.25) is 0 Å². The number of nitriles is 1. The molecule has 2 aromatic rings. The molecule has 0 N–H and O–H groups in total. The van der Waals surface area contributed by atoms with Crippen molar-refractivity contribution < 1.29 is 13.2 Å². The largest absolute Gasteiger partial charge is 0.416 e. The highest BCUT2D eigenvalue weighted by Gasteiger charge is 2.46. The van der Waals surface area contributed by atoms with Crippen LogP contribution in [0.1, 0.15) is 75.5 Å². The molecule has 1 aliphatic rings. The third-order valence-electron chi connectivity index (χ3n) is 7.73. The highest BCUT2D eigenvalue weighted by atomic mass is 19.4. The molecule has 0 saturated heterocycles. The first-order chi connectivity index (χ1) is 16.3. The molecule has 2 aromatic carbocycles. The molecule has 0 heterocycles. The summed E-state index contributed by atoms with van der Waals surface area (Å²) in [4.78, 5) is 2.38. The number of rotatable bonds is 10. The Morgan fingerprint density at radius 2 is 1.59 bits per heavy atom. The predicted octanol–water partition coefficient (Wildman–Crippen LogP) is 7.78. The summed E-state index contributed by atoms with van der Waals surface area (Å²) >= 11 is 0. The van der Waals surface area contributed by atoms with E-state index in [-0.39, 0.29) is 17.5 Å². The van der Waals surface area contributed by atoms with Crippen LogP contribution in [0.3, 0.4) is 0 Å². The van der Waals surface area contributed by atoms with Gasteiger partial charge in [0.25, 0.3) is 0 Å². The lowest BCUT2D eigenvalue weighted by atomic mass is 9.62. The van der Waals surface area contributed by atoms with E-state index in [2.05, 4.69) is 36.9 Å². The molecule has 34 heavy (non-hydrogen) atoms. The molecule has 0 aliphatic heterocycles. The van der Waals surface area contributed by atoms with E-state index in [0.717, 1.165) is 57.7 Å². The fourth-order valence-electron chi connectivity index (χ4n) is 5.71. The fraction of sp³-hybridized carbons (Fsp3) is 0.552. The van der Waals surface area contributed by atoms with Crippen LogP contribution in [-0.2, 0) is 18.0 Å². The van der Waals surface area contributed by atoms with Crippen LogP contribution in [0.4, 0.5) is 13.2 Å². The van der Waals surface area contributed by atoms with Gasteiger partial charge in [0.1, 0.15) is 0 Å². The zero-order chi connectivity index (χ0) is 24.6. The zero-order valence-corrected chi connectivity index (χ0v) is 20.5. The van der Waals surface area contributed by atoms with E-state index in [1.807, 2.05) is 18.2 Å². The van der Waals surface area contributed by atoms with E-state index in [0.29, 0.717) is 12.8 Å². The highest BCUT2D eigenvalue weighted by Crippen LogP contribution is 2.48. The van der Waals surface area contributed by atoms with Crippen molar-refractivity contribution in [3.63, 3.8) is 0 Å². The van der Waals surface area contributed by atoms with Crippen molar-refractivity contribution >= 4 is 0 Å². The minimum absolute atomic E-state index is 0.0404. The molecular weight excluding hydrogens is 433 g/mol. The highest BCUT2D eigenvalue weighted by molar-refractivity contribution is 5.42. The van der Waals surface area contributed by atoms with Crippen molar-refractivity contribution in [3.05, 3.63) is 71.3 Å². The van der Waals surface area contributed by atoms with Gasteiger partial charge in [-0.15, -0.1) is 0 Å². The Kier molecular flexibility index (Phi) is 9.19. The average Bonchev–Trinajstić information content (AvgIpc) is 2.86. The van der Waals surface area contributed by atoms with Gasteiger partial charge in [-0.2, -0.15) is 18.4 Å². The van der Waals surface area contributed by atoms with Crippen molar-refractivity contribution in [2.24, 2.45) is 5.92 Å². The van der Waals surface area contributed by atoms with E-state index >= 15 is 0 Å². The molecule has 2 atom stereocenters. The molecule has 0 bridgehead atoms. The molecule has 0 amide bonds. The molecule has 2 unspecified atom stereocenters. The van der Waals surface area contributed by atoms with Crippen LogP contribution in [0.25, 0.3) is 0 Å². The number of hydrogen-bond donors (Lipinski definition) is 0. The van der Waals surface area contributed by atoms with Crippen LogP contribution < -0.4 is 0 Å². The molecule has 0 aromatic heterocycles. The first kappa shape index (κ1) is 26.3. The standard InChI is InChI=1S/C29H37F3N2/c1-3-34(21-19-24-12-6-4-7-13-24)23(2)18-20-28(22-33,25-14-8-5-9-15-25)26-16-10-11-17-27(26)29(30,31)32/h4,6-7,10-13,16-17,23,25H,3,5,8-9,14-15,18-21H2,1-2H3. The van der Waals surface area contributed by atoms with Crippen LogP contribution >= 0.6 is 0 Å². The molecule has 1 saturated carbocycles. The number of hydrogen-bond acceptors (Lipinski definition) is 2. The van der Waals surface area contributed by atoms with Gasteiger partial charge in [0, 0.05) is 12.6 Å². The molecule has 184 valence electrons. The maximum absolute atomic E-state index is 14.0. The van der Waals surface area contributed by atoms with E-state index in [9.17, 15) is 18.4 Å². The maximum Gasteiger partial charge on any atom is 0.416 e. The Morgan fingerprint density at radius 1 is 0.971 bits per heavy atom. The van der Waals surface area contributed by atoms with Gasteiger partial charge in [0.05, 0.1) is 17.0 Å². The van der Waals surface area contributed by atoms with Gasteiger partial charge in [-0.3, -0.25) is 0 Å². The first-order valence-corrected chi connectivity index (χ1v) is 12.7. The minimum atomic E-state index is -4.47. The Bertz CT molecular complexity index is 928. The van der Waals surface area contributed by atoms with Gasteiger partial charge < -0.3 is 4.90 Å². The fourth-order valence-corrected chi connectivity index (χ4v) is 5.71. The second-order valence-corrected chi connectivity index (χ2v) is 9.71. The van der Waals surface area contributed by atoms with Gasteiger partial charge in [-0.1, -0.05) is 74.7 Å². The molecule has 0 radical (unpaired) electrons. The number of halogens is 3. The Labute approximate surface area is 202 Å². The second-order valence-electron chi connectivity index (χ2n) is 9.71. The lowest BCUT2D eigenvalue weighted by molar-refractivity contribution is -0.138. The van der Waals surface area contributed by atoms with Crippen molar-refractivity contribution in [2.75, 3.05) is 13.1 Å². The summed E-state index contributed by atoms with van der Waals surface area (Å²) in [6.45, 7) is 6.03. The van der Waals surface area contributed by atoms with Crippen molar-refractivity contribution in [2.45, 2.75) is 82.8 Å². The molecule has 0 spiro atoms. The lowest BCUT2D eigenvalue weighted by Gasteiger charge is -2.40. The number of alkyl halides is 3. The lowest BCUT2D eigenvalue weighted by Crippen LogP contribution is -2.40. The van der Waals surface area contributed by atoms with Crippen LogP contribution in [0.5, 0.6) is 0 Å². The molecule has 2 nitrogen and oxygen atoms in total. The number of benzene rings is 2. The SMILES string of the molecule is CCN(CCc1ccccc1)C(C)CCC(C#N)(c1ccccc1C(F)(F)F)C1CCCCC1. The maximum atomic E-state index is 14.0. The average molecular weight is 471 g/mol. The van der Waals surface area contributed by atoms with Gasteiger partial charge in [-0.25, -0.2) is 0 Å². The summed E-state index contributed by atoms with van der Waals surface area (Å²) in [5.41, 5.74) is -0.303. The molecule has 1 aliphatic carbocycles. The summed E-state index contributed by atoms with van der Waals surface area (Å²) in [7, 11) is 0. The number of likely N-dealkylation sites (N-methyl/N-ethyl adjacent to an activating group) is 1. The van der Waals surface area contributed by atoms with Gasteiger partial charge in [-0.05, 0) is 68.7 Å². The van der Waals surface area contributed by atoms with Crippen molar-refractivity contribution in [3.8, 4) is 6.07 Å². The molecule has 3 rings (SSSR count). The van der Waals surface area contributed by atoms with Gasteiger partial charge in [0.15, 0.2) is 0 Å². The normalized spacial score (nSPS) is 17.8. The summed E-state index contributed by atoms with van der Waals surface area (Å²) in [6, 6.07) is 18.8. The van der Waals surface area contributed by atoms with E-state index in [1.54, 1.807) is 12.1 Å². The smallest absolute Gasteiger partial charge is 0.301 e. The van der Waals surface area contributed by atoms with Gasteiger partial charge in [0.2, 0.25) is 0 Å². The number of nitrogens with zero attached hydrogens (tertiary/aromatic N) is 2. The quantitative estimate of drug-likeness (QED) is 0.354. The van der Waals surface area contributed by atoms with Crippen molar-refractivity contribution in [1.29, 1.82) is 5.26 Å². The summed E-state index contributed by atoms with van der Waals surface area (Å²) in [6.07, 6.45) is 2.30. The molecule has 1 fully saturated rings. The topological polar surface area (TPSA) is 27.0 Å². The van der Waals surface area contributed by atoms with Gasteiger partial charge >= 0.3 is 6.18 Å². The van der Waals surface area contributed by atoms with Crippen LogP contribution in [-0.4, -0.2) is 24.0 Å². The van der Waals surface area contributed by atoms with E-state index < -0.39 is 17.2 Å². The van der Waals surface area contributed by atoms with E-state index in [4.69, 9.17) is 0 Å². The Balaban J connectivity index is 1.84. The predicted molar refractivity (Wildman–Crippen MR) is 131 cm³/mol. The Morgan fingerprint density at radius 3 is 2.18 bits per heavy atom. The van der Waals surface area contributed by atoms with E-state index in [1.165, 1.54) is 11.6 Å². The summed E-state index contributed by atoms with van der Waals surface area (Å²) < 4.78 is 42.0. The second kappa shape index (κ2) is 11.9. The van der Waals surface area contributed by atoms with Crippen LogP contribution in [0, 0.1) is 17.2 Å². The third kappa shape index (κ3) is 6.21. The first-order valence-electron chi connectivity index (χ1n) is 12.7. The zero-order valence-electron chi connectivity index (χ0n) is 20.5. The summed E-state index contributed by atoms with van der Waals surface area (Å²) in [5.74, 6) is -0.0404. The molecular formula is C29H37F3N2. The Hall–Kier alpha value is -2.32. The third-order valence-corrected chi connectivity index (χ3v) is 7.73. The molecule has 5 heteroatoms. The minimum Gasteiger partial charge on any atom is -0.301 e. The monoisotopic (exact) mass is 470 g/mol. The summed E-state index contributed by atoms with van der Waals surface area (Å²) in [5, 5.41) is 10.5.